The van der Waals surface area contributed by atoms with Crippen molar-refractivity contribution >= 4 is 17.9 Å². The number of aliphatic carboxylic acids is 1. The Morgan fingerprint density at radius 3 is 2.45 bits per heavy atom. The summed E-state index contributed by atoms with van der Waals surface area (Å²) < 4.78 is 0. The summed E-state index contributed by atoms with van der Waals surface area (Å²) in [6.45, 7) is 2.38. The first-order valence-electron chi connectivity index (χ1n) is 6.82. The lowest BCUT2D eigenvalue weighted by Crippen LogP contribution is -2.51. The minimum atomic E-state index is -1.04. The van der Waals surface area contributed by atoms with Gasteiger partial charge in [0.1, 0.15) is 6.54 Å². The average molecular weight is 284 g/mol. The van der Waals surface area contributed by atoms with Crippen molar-refractivity contribution in [3.05, 3.63) is 0 Å². The van der Waals surface area contributed by atoms with Crippen LogP contribution in [0.1, 0.15) is 12.8 Å². The fraction of sp³-hybridized carbons (Fsp3) is 0.750. The molecule has 2 fully saturated rings. The Hall–Kier alpha value is -1.83. The predicted molar refractivity (Wildman–Crippen MR) is 70.2 cm³/mol. The van der Waals surface area contributed by atoms with E-state index in [2.05, 4.69) is 10.6 Å². The van der Waals surface area contributed by atoms with Crippen molar-refractivity contribution in [3.63, 3.8) is 0 Å². The number of rotatable bonds is 5. The number of urea groups is 1. The molecule has 1 saturated carbocycles. The van der Waals surface area contributed by atoms with E-state index in [0.29, 0.717) is 13.1 Å². The zero-order valence-corrected chi connectivity index (χ0v) is 11.3. The molecule has 20 heavy (non-hydrogen) atoms. The van der Waals surface area contributed by atoms with Crippen LogP contribution in [0.4, 0.5) is 4.79 Å². The van der Waals surface area contributed by atoms with Crippen molar-refractivity contribution in [1.29, 1.82) is 0 Å². The summed E-state index contributed by atoms with van der Waals surface area (Å²) in [6, 6.07) is -0.473. The second-order valence-electron chi connectivity index (χ2n) is 5.04. The minimum Gasteiger partial charge on any atom is -0.480 e. The number of carboxylic acid groups (broad SMARTS) is 1. The van der Waals surface area contributed by atoms with Gasteiger partial charge in [-0.05, 0) is 12.8 Å². The molecule has 3 amide bonds. The van der Waals surface area contributed by atoms with Gasteiger partial charge in [0.25, 0.3) is 0 Å². The fourth-order valence-corrected chi connectivity index (χ4v) is 2.18. The maximum atomic E-state index is 11.9. The highest BCUT2D eigenvalue weighted by Crippen LogP contribution is 2.26. The summed E-state index contributed by atoms with van der Waals surface area (Å²) in [5, 5.41) is 14.4. The van der Waals surface area contributed by atoms with E-state index in [-0.39, 0.29) is 25.0 Å². The maximum Gasteiger partial charge on any atom is 0.323 e. The molecule has 8 nitrogen and oxygen atoms in total. The molecule has 2 rings (SSSR count). The number of carbonyl (C=O) groups is 3. The van der Waals surface area contributed by atoms with Gasteiger partial charge in [-0.1, -0.05) is 0 Å². The van der Waals surface area contributed by atoms with Gasteiger partial charge in [-0.2, -0.15) is 0 Å². The molecule has 112 valence electrons. The Labute approximate surface area is 117 Å². The number of hydrogen-bond donors (Lipinski definition) is 3. The number of amides is 3. The molecule has 1 heterocycles. The molecule has 0 spiro atoms. The first-order valence-corrected chi connectivity index (χ1v) is 6.82. The third-order valence-corrected chi connectivity index (χ3v) is 3.41. The predicted octanol–water partition coefficient (Wildman–Crippen LogP) is -1.32. The number of carboxylic acids is 1. The molecule has 1 aliphatic carbocycles. The summed E-state index contributed by atoms with van der Waals surface area (Å²) in [6.07, 6.45) is 1.65. The number of nitrogens with one attached hydrogen (secondary N) is 2. The summed E-state index contributed by atoms with van der Waals surface area (Å²) in [5.74, 6) is -1.17. The molecule has 3 N–H and O–H groups in total. The van der Waals surface area contributed by atoms with Crippen LogP contribution in [0, 0.1) is 0 Å². The first kappa shape index (κ1) is 14.6. The summed E-state index contributed by atoms with van der Waals surface area (Å²) in [7, 11) is 0. The lowest BCUT2D eigenvalue weighted by molar-refractivity contribution is -0.137. The molecule has 2 aliphatic rings. The highest BCUT2D eigenvalue weighted by Gasteiger charge is 2.34. The number of hydrogen-bond acceptors (Lipinski definition) is 4. The lowest BCUT2D eigenvalue weighted by Gasteiger charge is -2.28. The second kappa shape index (κ2) is 6.56. The lowest BCUT2D eigenvalue weighted by atomic mass is 10.3. The SMILES string of the molecule is O=C(O)CN(C(=O)NCC(=O)N1CCNCC1)C1CC1. The molecule has 0 radical (unpaired) electrons. The van der Waals surface area contributed by atoms with E-state index in [4.69, 9.17) is 5.11 Å². The molecular formula is C12H20N4O4. The number of nitrogens with zero attached hydrogens (tertiary/aromatic N) is 2. The molecule has 0 bridgehead atoms. The quantitative estimate of drug-likeness (QED) is 0.581. The highest BCUT2D eigenvalue weighted by molar-refractivity contribution is 5.86. The number of piperazine rings is 1. The molecule has 0 unspecified atom stereocenters. The monoisotopic (exact) mass is 284 g/mol. The Kier molecular flexibility index (Phi) is 4.78. The van der Waals surface area contributed by atoms with Crippen molar-refractivity contribution in [2.75, 3.05) is 39.3 Å². The molecule has 8 heteroatoms. The van der Waals surface area contributed by atoms with Gasteiger partial charge in [-0.25, -0.2) is 4.79 Å². The van der Waals surface area contributed by atoms with Gasteiger partial charge < -0.3 is 25.5 Å². The summed E-state index contributed by atoms with van der Waals surface area (Å²) >= 11 is 0. The molecule has 1 saturated heterocycles. The van der Waals surface area contributed by atoms with Gasteiger partial charge >= 0.3 is 12.0 Å². The first-order chi connectivity index (χ1) is 9.58. The second-order valence-corrected chi connectivity index (χ2v) is 5.04. The zero-order valence-electron chi connectivity index (χ0n) is 11.3. The third kappa shape index (κ3) is 4.09. The highest BCUT2D eigenvalue weighted by atomic mass is 16.4. The van der Waals surface area contributed by atoms with Crippen LogP contribution in [0.2, 0.25) is 0 Å². The normalized spacial score (nSPS) is 18.5. The van der Waals surface area contributed by atoms with E-state index in [0.717, 1.165) is 25.9 Å². The van der Waals surface area contributed by atoms with Crippen molar-refractivity contribution in [2.45, 2.75) is 18.9 Å². The van der Waals surface area contributed by atoms with Crippen molar-refractivity contribution in [1.82, 2.24) is 20.4 Å². The molecule has 0 aromatic rings. The molecule has 0 aromatic heterocycles. The standard InChI is InChI=1S/C12H20N4O4/c17-10(15-5-3-13-4-6-15)7-14-12(20)16(8-11(18)19)9-1-2-9/h9,13H,1-8H2,(H,14,20)(H,18,19). The summed E-state index contributed by atoms with van der Waals surface area (Å²) in [4.78, 5) is 37.5. The molecule has 0 aromatic carbocycles. The Morgan fingerprint density at radius 1 is 1.25 bits per heavy atom. The van der Waals surface area contributed by atoms with E-state index < -0.39 is 12.0 Å². The van der Waals surface area contributed by atoms with Gasteiger partial charge in [0, 0.05) is 32.2 Å². The van der Waals surface area contributed by atoms with Crippen LogP contribution < -0.4 is 10.6 Å². The van der Waals surface area contributed by atoms with Gasteiger partial charge in [-0.15, -0.1) is 0 Å². The van der Waals surface area contributed by atoms with Crippen LogP contribution in [0.3, 0.4) is 0 Å². The van der Waals surface area contributed by atoms with Crippen molar-refractivity contribution < 1.29 is 19.5 Å². The average Bonchev–Trinajstić information content (AvgIpc) is 3.27. The van der Waals surface area contributed by atoms with E-state index in [1.54, 1.807) is 4.90 Å². The van der Waals surface area contributed by atoms with E-state index in [1.807, 2.05) is 0 Å². The Balaban J connectivity index is 1.77. The van der Waals surface area contributed by atoms with Crippen LogP contribution in [0.25, 0.3) is 0 Å². The Bertz CT molecular complexity index is 391. The third-order valence-electron chi connectivity index (χ3n) is 3.41. The molecule has 0 atom stereocenters. The molecule has 1 aliphatic heterocycles. The number of carbonyl (C=O) groups excluding carboxylic acids is 2. The summed E-state index contributed by atoms with van der Waals surface area (Å²) in [5.41, 5.74) is 0. The smallest absolute Gasteiger partial charge is 0.323 e. The van der Waals surface area contributed by atoms with Crippen LogP contribution >= 0.6 is 0 Å². The fourth-order valence-electron chi connectivity index (χ4n) is 2.18. The van der Waals surface area contributed by atoms with Crippen molar-refractivity contribution in [2.24, 2.45) is 0 Å². The van der Waals surface area contributed by atoms with Gasteiger partial charge in [-0.3, -0.25) is 9.59 Å². The van der Waals surface area contributed by atoms with E-state index >= 15 is 0 Å². The molecular weight excluding hydrogens is 264 g/mol. The maximum absolute atomic E-state index is 11.9. The van der Waals surface area contributed by atoms with Gasteiger partial charge in [0.15, 0.2) is 0 Å². The Morgan fingerprint density at radius 2 is 1.90 bits per heavy atom. The minimum absolute atomic E-state index is 0.000360. The zero-order chi connectivity index (χ0) is 14.5. The van der Waals surface area contributed by atoms with Crippen molar-refractivity contribution in [3.8, 4) is 0 Å². The van der Waals surface area contributed by atoms with Crippen LogP contribution in [0.15, 0.2) is 0 Å². The van der Waals surface area contributed by atoms with Gasteiger partial charge in [0.2, 0.25) is 5.91 Å². The van der Waals surface area contributed by atoms with Crippen LogP contribution in [0.5, 0.6) is 0 Å². The van der Waals surface area contributed by atoms with Crippen LogP contribution in [-0.4, -0.2) is 78.1 Å². The largest absolute Gasteiger partial charge is 0.480 e. The topological polar surface area (TPSA) is 102 Å². The van der Waals surface area contributed by atoms with E-state index in [1.165, 1.54) is 4.90 Å². The van der Waals surface area contributed by atoms with Gasteiger partial charge in [0.05, 0.1) is 6.54 Å². The van der Waals surface area contributed by atoms with E-state index in [9.17, 15) is 14.4 Å². The van der Waals surface area contributed by atoms with Crippen LogP contribution in [-0.2, 0) is 9.59 Å².